The first-order valence-electron chi connectivity index (χ1n) is 3.76. The minimum absolute atomic E-state index is 0.221. The number of rotatable bonds is 1. The molecule has 0 atom stereocenters. The van der Waals surface area contributed by atoms with Gasteiger partial charge in [0, 0.05) is 0 Å². The zero-order valence-corrected chi connectivity index (χ0v) is 6.77. The van der Waals surface area contributed by atoms with Crippen LogP contribution in [0.4, 0.5) is 5.82 Å². The molecule has 0 saturated carbocycles. The van der Waals surface area contributed by atoms with E-state index in [9.17, 15) is 0 Å². The number of nitrogens with zero attached hydrogens (tertiary/aromatic N) is 1. The van der Waals surface area contributed by atoms with E-state index in [2.05, 4.69) is 5.16 Å². The first kappa shape index (κ1) is 7.67. The van der Waals surface area contributed by atoms with Gasteiger partial charge in [0.05, 0.1) is 5.56 Å². The molecule has 0 bridgehead atoms. The van der Waals surface area contributed by atoms with Gasteiger partial charge < -0.3 is 15.4 Å². The van der Waals surface area contributed by atoms with Crippen LogP contribution in [0.3, 0.4) is 0 Å². The monoisotopic (exact) mass is 176 g/mol. The standard InChI is InChI=1S/C9H8N2O2/c10-9-8(5-13-11-9)6-1-3-7(12)4-2-6/h1-5,12H,(H2,10,11). The van der Waals surface area contributed by atoms with Crippen LogP contribution in [0.25, 0.3) is 11.1 Å². The third kappa shape index (κ3) is 1.33. The molecule has 4 nitrogen and oxygen atoms in total. The van der Waals surface area contributed by atoms with Crippen LogP contribution in [0, 0.1) is 0 Å². The van der Waals surface area contributed by atoms with Gasteiger partial charge in [-0.25, -0.2) is 0 Å². The second-order valence-corrected chi connectivity index (χ2v) is 2.66. The summed E-state index contributed by atoms with van der Waals surface area (Å²) in [6, 6.07) is 6.67. The van der Waals surface area contributed by atoms with Gasteiger partial charge in [-0.2, -0.15) is 0 Å². The van der Waals surface area contributed by atoms with Gasteiger partial charge in [-0.3, -0.25) is 0 Å². The molecule has 0 radical (unpaired) electrons. The van der Waals surface area contributed by atoms with E-state index in [0.717, 1.165) is 11.1 Å². The van der Waals surface area contributed by atoms with Crippen molar-refractivity contribution in [3.63, 3.8) is 0 Å². The Morgan fingerprint density at radius 1 is 1.23 bits per heavy atom. The molecule has 0 aliphatic carbocycles. The second-order valence-electron chi connectivity index (χ2n) is 2.66. The molecule has 2 rings (SSSR count). The Hall–Kier alpha value is -1.97. The zero-order chi connectivity index (χ0) is 9.26. The summed E-state index contributed by atoms with van der Waals surface area (Å²) in [6.07, 6.45) is 1.47. The first-order chi connectivity index (χ1) is 6.27. The number of phenolic OH excluding ortho intramolecular Hbond substituents is 1. The number of anilines is 1. The third-order valence-corrected chi connectivity index (χ3v) is 1.78. The molecule has 1 heterocycles. The van der Waals surface area contributed by atoms with Crippen LogP contribution in [0.1, 0.15) is 0 Å². The van der Waals surface area contributed by atoms with E-state index in [-0.39, 0.29) is 5.75 Å². The van der Waals surface area contributed by atoms with Crippen LogP contribution in [-0.4, -0.2) is 10.3 Å². The molecule has 0 unspecified atom stereocenters. The van der Waals surface area contributed by atoms with Crippen LogP contribution >= 0.6 is 0 Å². The second kappa shape index (κ2) is 2.82. The summed E-state index contributed by atoms with van der Waals surface area (Å²) in [4.78, 5) is 0. The van der Waals surface area contributed by atoms with Crippen molar-refractivity contribution in [3.8, 4) is 16.9 Å². The molecule has 3 N–H and O–H groups in total. The van der Waals surface area contributed by atoms with Crippen molar-refractivity contribution in [2.24, 2.45) is 0 Å². The van der Waals surface area contributed by atoms with E-state index >= 15 is 0 Å². The SMILES string of the molecule is Nc1nocc1-c1ccc(O)cc1. The fraction of sp³-hybridized carbons (Fsp3) is 0. The number of hydrogen-bond acceptors (Lipinski definition) is 4. The molecule has 0 amide bonds. The van der Waals surface area contributed by atoms with Gasteiger partial charge in [0.2, 0.25) is 0 Å². The average molecular weight is 176 g/mol. The predicted octanol–water partition coefficient (Wildman–Crippen LogP) is 1.63. The Bertz CT molecular complexity index is 406. The molecule has 1 aromatic carbocycles. The lowest BCUT2D eigenvalue weighted by atomic mass is 10.1. The molecular formula is C9H8N2O2. The quantitative estimate of drug-likeness (QED) is 0.692. The molecule has 0 fully saturated rings. The van der Waals surface area contributed by atoms with Gasteiger partial charge >= 0.3 is 0 Å². The highest BCUT2D eigenvalue weighted by Gasteiger charge is 2.05. The predicted molar refractivity (Wildman–Crippen MR) is 48.0 cm³/mol. The van der Waals surface area contributed by atoms with Crippen LogP contribution < -0.4 is 5.73 Å². The van der Waals surface area contributed by atoms with Gasteiger partial charge in [-0.05, 0) is 17.7 Å². The maximum Gasteiger partial charge on any atom is 0.174 e. The Kier molecular flexibility index (Phi) is 1.66. The van der Waals surface area contributed by atoms with Gasteiger partial charge in [0.25, 0.3) is 0 Å². The summed E-state index contributed by atoms with van der Waals surface area (Å²) in [5.41, 5.74) is 7.15. The summed E-state index contributed by atoms with van der Waals surface area (Å²) in [5.74, 6) is 0.574. The van der Waals surface area contributed by atoms with Crippen molar-refractivity contribution in [3.05, 3.63) is 30.5 Å². The van der Waals surface area contributed by atoms with E-state index in [4.69, 9.17) is 15.4 Å². The number of aromatic hydroxyl groups is 1. The summed E-state index contributed by atoms with van der Waals surface area (Å²) >= 11 is 0. The highest BCUT2D eigenvalue weighted by molar-refractivity contribution is 5.72. The maximum absolute atomic E-state index is 9.05. The van der Waals surface area contributed by atoms with E-state index in [0.29, 0.717) is 5.82 Å². The fourth-order valence-corrected chi connectivity index (χ4v) is 1.10. The topological polar surface area (TPSA) is 72.3 Å². The number of benzene rings is 1. The van der Waals surface area contributed by atoms with Gasteiger partial charge in [0.15, 0.2) is 5.82 Å². The van der Waals surface area contributed by atoms with Gasteiger partial charge in [-0.15, -0.1) is 0 Å². The summed E-state index contributed by atoms with van der Waals surface area (Å²) in [5, 5.41) is 12.6. The van der Waals surface area contributed by atoms with Crippen molar-refractivity contribution in [1.29, 1.82) is 0 Å². The average Bonchev–Trinajstić information content (AvgIpc) is 2.53. The molecule has 2 aromatic rings. The Balaban J connectivity index is 2.47. The number of hydrogen-bond donors (Lipinski definition) is 2. The lowest BCUT2D eigenvalue weighted by Crippen LogP contribution is -1.86. The largest absolute Gasteiger partial charge is 0.508 e. The molecule has 0 aliphatic heterocycles. The molecule has 66 valence electrons. The van der Waals surface area contributed by atoms with E-state index in [1.54, 1.807) is 24.3 Å². The van der Waals surface area contributed by atoms with Crippen LogP contribution in [0.15, 0.2) is 35.1 Å². The van der Waals surface area contributed by atoms with Crippen molar-refractivity contribution >= 4 is 5.82 Å². The van der Waals surface area contributed by atoms with E-state index in [1.165, 1.54) is 6.26 Å². The molecule has 13 heavy (non-hydrogen) atoms. The van der Waals surface area contributed by atoms with E-state index in [1.807, 2.05) is 0 Å². The van der Waals surface area contributed by atoms with E-state index < -0.39 is 0 Å². The fourth-order valence-electron chi connectivity index (χ4n) is 1.10. The maximum atomic E-state index is 9.05. The minimum atomic E-state index is 0.221. The van der Waals surface area contributed by atoms with Crippen LogP contribution in [0.5, 0.6) is 5.75 Å². The van der Waals surface area contributed by atoms with Crippen molar-refractivity contribution in [1.82, 2.24) is 5.16 Å². The van der Waals surface area contributed by atoms with Gasteiger partial charge in [-0.1, -0.05) is 17.3 Å². The van der Waals surface area contributed by atoms with Crippen molar-refractivity contribution < 1.29 is 9.63 Å². The molecule has 4 heteroatoms. The first-order valence-corrected chi connectivity index (χ1v) is 3.76. The molecule has 0 saturated heterocycles. The lowest BCUT2D eigenvalue weighted by molar-refractivity contribution is 0.423. The van der Waals surface area contributed by atoms with Crippen LogP contribution in [-0.2, 0) is 0 Å². The Morgan fingerprint density at radius 2 is 1.92 bits per heavy atom. The lowest BCUT2D eigenvalue weighted by Gasteiger charge is -1.96. The molecule has 1 aromatic heterocycles. The molecule has 0 spiro atoms. The summed E-state index contributed by atoms with van der Waals surface area (Å²) < 4.78 is 4.69. The van der Waals surface area contributed by atoms with Crippen LogP contribution in [0.2, 0.25) is 0 Å². The Morgan fingerprint density at radius 3 is 2.46 bits per heavy atom. The number of phenols is 1. The number of nitrogen functional groups attached to an aromatic ring is 1. The smallest absolute Gasteiger partial charge is 0.174 e. The zero-order valence-electron chi connectivity index (χ0n) is 6.77. The highest BCUT2D eigenvalue weighted by Crippen LogP contribution is 2.25. The normalized spacial score (nSPS) is 10.2. The highest BCUT2D eigenvalue weighted by atomic mass is 16.5. The summed E-state index contributed by atoms with van der Waals surface area (Å²) in [7, 11) is 0. The minimum Gasteiger partial charge on any atom is -0.508 e. The number of aromatic nitrogens is 1. The summed E-state index contributed by atoms with van der Waals surface area (Å²) in [6.45, 7) is 0. The van der Waals surface area contributed by atoms with Crippen molar-refractivity contribution in [2.45, 2.75) is 0 Å². The van der Waals surface area contributed by atoms with Gasteiger partial charge in [0.1, 0.15) is 12.0 Å². The molecule has 0 aliphatic rings. The number of nitrogens with two attached hydrogens (primary N) is 1. The third-order valence-electron chi connectivity index (χ3n) is 1.78. The van der Waals surface area contributed by atoms with Crippen molar-refractivity contribution in [2.75, 3.05) is 5.73 Å². The Labute approximate surface area is 74.6 Å². The molecular weight excluding hydrogens is 168 g/mol.